The van der Waals surface area contributed by atoms with E-state index in [4.69, 9.17) is 19.4 Å². The third kappa shape index (κ3) is 5.46. The number of aryl methyl sites for hydroxylation is 1. The van der Waals surface area contributed by atoms with Crippen LogP contribution in [0.1, 0.15) is 30.4 Å². The van der Waals surface area contributed by atoms with Crippen molar-refractivity contribution in [2.45, 2.75) is 32.6 Å². The molecule has 1 aromatic heterocycles. The monoisotopic (exact) mass is 484 g/mol. The number of anilines is 3. The van der Waals surface area contributed by atoms with E-state index < -0.39 is 0 Å². The molecule has 0 bridgehead atoms. The maximum atomic E-state index is 9.82. The Morgan fingerprint density at radius 1 is 0.917 bits per heavy atom. The van der Waals surface area contributed by atoms with E-state index in [1.807, 2.05) is 24.3 Å². The summed E-state index contributed by atoms with van der Waals surface area (Å²) in [5.74, 6) is 1.51. The lowest BCUT2D eigenvalue weighted by Gasteiger charge is -2.29. The molecule has 0 amide bonds. The zero-order valence-corrected chi connectivity index (χ0v) is 20.8. The Morgan fingerprint density at radius 2 is 1.69 bits per heavy atom. The fraction of sp³-hybridized carbons (Fsp3) is 0.310. The largest absolute Gasteiger partial charge is 0.504 e. The first-order valence-corrected chi connectivity index (χ1v) is 12.5. The first-order chi connectivity index (χ1) is 17.6. The normalized spacial score (nSPS) is 13.6. The molecule has 36 heavy (non-hydrogen) atoms. The number of piperidine rings is 1. The zero-order valence-electron chi connectivity index (χ0n) is 20.8. The summed E-state index contributed by atoms with van der Waals surface area (Å²) in [4.78, 5) is 11.9. The van der Waals surface area contributed by atoms with Gasteiger partial charge in [-0.15, -0.1) is 0 Å². The summed E-state index contributed by atoms with van der Waals surface area (Å²) in [5, 5.41) is 14.3. The smallest absolute Gasteiger partial charge is 0.318 e. The van der Waals surface area contributed by atoms with Crippen molar-refractivity contribution in [3.8, 4) is 17.5 Å². The summed E-state index contributed by atoms with van der Waals surface area (Å²) >= 11 is 0. The van der Waals surface area contributed by atoms with Gasteiger partial charge in [-0.2, -0.15) is 9.97 Å². The van der Waals surface area contributed by atoms with Crippen LogP contribution in [0.2, 0.25) is 0 Å². The Kier molecular flexibility index (Phi) is 7.07. The van der Waals surface area contributed by atoms with Gasteiger partial charge in [0, 0.05) is 36.3 Å². The molecule has 7 heteroatoms. The van der Waals surface area contributed by atoms with Crippen LogP contribution in [-0.4, -0.2) is 41.9 Å². The molecule has 1 aliphatic heterocycles. The van der Waals surface area contributed by atoms with Gasteiger partial charge in [0.05, 0.1) is 19.2 Å². The van der Waals surface area contributed by atoms with Crippen LogP contribution < -0.4 is 19.7 Å². The third-order valence-corrected chi connectivity index (χ3v) is 6.52. The molecule has 0 unspecified atom stereocenters. The number of benzene rings is 3. The molecular formula is C29H32N4O3. The van der Waals surface area contributed by atoms with E-state index in [1.54, 1.807) is 13.2 Å². The molecular weight excluding hydrogens is 452 g/mol. The SMILES string of the molecule is COc1cc(CCOc2nc(N3CCCCC3)c3cc(Nc4ccc(C)cc4)ccc3n2)ccc1O. The van der Waals surface area contributed by atoms with Crippen LogP contribution in [0.15, 0.2) is 60.7 Å². The number of hydrogen-bond acceptors (Lipinski definition) is 7. The number of nitrogens with one attached hydrogen (secondary N) is 1. The molecule has 1 saturated heterocycles. The van der Waals surface area contributed by atoms with E-state index in [1.165, 1.54) is 12.0 Å². The van der Waals surface area contributed by atoms with Crippen LogP contribution in [0.3, 0.4) is 0 Å². The number of aromatic nitrogens is 2. The van der Waals surface area contributed by atoms with Crippen LogP contribution >= 0.6 is 0 Å². The van der Waals surface area contributed by atoms with Gasteiger partial charge >= 0.3 is 6.01 Å². The number of fused-ring (bicyclic) bond motifs is 1. The van der Waals surface area contributed by atoms with Crippen molar-refractivity contribution in [1.82, 2.24) is 9.97 Å². The lowest BCUT2D eigenvalue weighted by Crippen LogP contribution is -2.30. The summed E-state index contributed by atoms with van der Waals surface area (Å²) in [6.45, 7) is 4.47. The number of ether oxygens (including phenoxy) is 2. The number of methoxy groups -OCH3 is 1. The standard InChI is InChI=1S/C29H32N4O3/c1-20-6-9-22(10-7-20)30-23-11-12-25-24(19-23)28(33-15-4-3-5-16-33)32-29(31-25)36-17-14-21-8-13-26(34)27(18-21)35-2/h6-13,18-19,30,34H,3-5,14-17H2,1-2H3. The molecule has 7 nitrogen and oxygen atoms in total. The van der Waals surface area contributed by atoms with E-state index in [-0.39, 0.29) is 5.75 Å². The zero-order chi connectivity index (χ0) is 24.9. The highest BCUT2D eigenvalue weighted by Crippen LogP contribution is 2.32. The highest BCUT2D eigenvalue weighted by Gasteiger charge is 2.18. The number of rotatable bonds is 8. The molecule has 0 atom stereocenters. The van der Waals surface area contributed by atoms with Crippen LogP contribution in [0.4, 0.5) is 17.2 Å². The lowest BCUT2D eigenvalue weighted by atomic mass is 10.1. The number of phenolic OH excluding ortho intramolecular Hbond substituents is 1. The van der Waals surface area contributed by atoms with Gasteiger partial charge < -0.3 is 24.8 Å². The second-order valence-corrected chi connectivity index (χ2v) is 9.21. The molecule has 1 fully saturated rings. The van der Waals surface area contributed by atoms with Crippen LogP contribution in [0.25, 0.3) is 10.9 Å². The van der Waals surface area contributed by atoms with Gasteiger partial charge in [0.15, 0.2) is 11.5 Å². The van der Waals surface area contributed by atoms with Gasteiger partial charge in [-0.05, 0) is 74.2 Å². The van der Waals surface area contributed by atoms with Gasteiger partial charge in [-0.25, -0.2) is 0 Å². The second-order valence-electron chi connectivity index (χ2n) is 9.21. The molecule has 0 saturated carbocycles. The van der Waals surface area contributed by atoms with E-state index in [0.717, 1.165) is 59.6 Å². The summed E-state index contributed by atoms with van der Waals surface area (Å²) in [6, 6.07) is 20.3. The van der Waals surface area contributed by atoms with Crippen LogP contribution in [-0.2, 0) is 6.42 Å². The molecule has 1 aliphatic rings. The van der Waals surface area contributed by atoms with Gasteiger partial charge in [-0.3, -0.25) is 0 Å². The van der Waals surface area contributed by atoms with Gasteiger partial charge in [0.25, 0.3) is 0 Å². The Bertz CT molecular complexity index is 1330. The fourth-order valence-corrected chi connectivity index (χ4v) is 4.52. The Balaban J connectivity index is 1.39. The van der Waals surface area contributed by atoms with Crippen molar-refractivity contribution >= 4 is 28.1 Å². The summed E-state index contributed by atoms with van der Waals surface area (Å²) in [5.41, 5.74) is 5.15. The summed E-state index contributed by atoms with van der Waals surface area (Å²) in [6.07, 6.45) is 4.22. The predicted octanol–water partition coefficient (Wildman–Crippen LogP) is 6.01. The average molecular weight is 485 g/mol. The minimum absolute atomic E-state index is 0.127. The molecule has 3 aromatic carbocycles. The van der Waals surface area contributed by atoms with Crippen molar-refractivity contribution in [1.29, 1.82) is 0 Å². The summed E-state index contributed by atoms with van der Waals surface area (Å²) < 4.78 is 11.2. The van der Waals surface area contributed by atoms with Crippen molar-refractivity contribution in [2.75, 3.05) is 37.0 Å². The Labute approximate surface area is 211 Å². The quantitative estimate of drug-likeness (QED) is 0.317. The predicted molar refractivity (Wildman–Crippen MR) is 144 cm³/mol. The minimum atomic E-state index is 0.127. The highest BCUT2D eigenvalue weighted by molar-refractivity contribution is 5.93. The molecule has 0 spiro atoms. The highest BCUT2D eigenvalue weighted by atomic mass is 16.5. The molecule has 186 valence electrons. The molecule has 2 N–H and O–H groups in total. The lowest BCUT2D eigenvalue weighted by molar-refractivity contribution is 0.297. The maximum Gasteiger partial charge on any atom is 0.318 e. The van der Waals surface area contributed by atoms with Crippen molar-refractivity contribution in [3.63, 3.8) is 0 Å². The van der Waals surface area contributed by atoms with Crippen molar-refractivity contribution < 1.29 is 14.6 Å². The molecule has 2 heterocycles. The average Bonchev–Trinajstić information content (AvgIpc) is 2.91. The molecule has 4 aromatic rings. The minimum Gasteiger partial charge on any atom is -0.504 e. The number of hydrogen-bond donors (Lipinski definition) is 2. The first kappa shape index (κ1) is 23.7. The van der Waals surface area contributed by atoms with E-state index >= 15 is 0 Å². The molecule has 5 rings (SSSR count). The van der Waals surface area contributed by atoms with Gasteiger partial charge in [-0.1, -0.05) is 23.8 Å². The number of aromatic hydroxyl groups is 1. The first-order valence-electron chi connectivity index (χ1n) is 12.5. The molecule has 0 aliphatic carbocycles. The summed E-state index contributed by atoms with van der Waals surface area (Å²) in [7, 11) is 1.54. The van der Waals surface area contributed by atoms with Crippen molar-refractivity contribution in [2.24, 2.45) is 0 Å². The topological polar surface area (TPSA) is 79.7 Å². The van der Waals surface area contributed by atoms with Crippen molar-refractivity contribution in [3.05, 3.63) is 71.8 Å². The van der Waals surface area contributed by atoms with Gasteiger partial charge in [0.2, 0.25) is 0 Å². The van der Waals surface area contributed by atoms with E-state index in [9.17, 15) is 5.11 Å². The fourth-order valence-electron chi connectivity index (χ4n) is 4.52. The van der Waals surface area contributed by atoms with E-state index in [2.05, 4.69) is 47.5 Å². The van der Waals surface area contributed by atoms with Crippen LogP contribution in [0, 0.1) is 6.92 Å². The van der Waals surface area contributed by atoms with E-state index in [0.29, 0.717) is 24.8 Å². The number of nitrogens with zero attached hydrogens (tertiary/aromatic N) is 3. The number of phenols is 1. The van der Waals surface area contributed by atoms with Gasteiger partial charge in [0.1, 0.15) is 5.82 Å². The Hall–Kier alpha value is -4.00. The Morgan fingerprint density at radius 3 is 2.47 bits per heavy atom. The molecule has 0 radical (unpaired) electrons. The van der Waals surface area contributed by atoms with Crippen LogP contribution in [0.5, 0.6) is 17.5 Å². The second kappa shape index (κ2) is 10.7. The third-order valence-electron chi connectivity index (χ3n) is 6.52. The maximum absolute atomic E-state index is 9.82.